The van der Waals surface area contributed by atoms with Crippen LogP contribution in [-0.2, 0) is 0 Å². The predicted octanol–water partition coefficient (Wildman–Crippen LogP) is 8.25. The van der Waals surface area contributed by atoms with Crippen LogP contribution in [0.15, 0.2) is 0 Å². The minimum absolute atomic E-state index is 0.565. The first kappa shape index (κ1) is 19.8. The monoisotopic (exact) mass is 346 g/mol. The fraction of sp³-hybridized carbons (Fsp3) is 1.00. The molecule has 0 aromatic heterocycles. The molecule has 0 N–H and O–H groups in total. The van der Waals surface area contributed by atoms with Crippen molar-refractivity contribution in [3.05, 3.63) is 0 Å². The molecule has 3 fully saturated rings. The summed E-state index contributed by atoms with van der Waals surface area (Å²) >= 11 is 0. The molecular weight excluding hydrogens is 300 g/mol. The Morgan fingerprint density at radius 3 is 1.20 bits per heavy atom. The third-order valence-corrected chi connectivity index (χ3v) is 9.36. The van der Waals surface area contributed by atoms with Crippen LogP contribution in [-0.4, -0.2) is 0 Å². The first-order valence-electron chi connectivity index (χ1n) is 11.8. The summed E-state index contributed by atoms with van der Waals surface area (Å²) in [7, 11) is 0. The van der Waals surface area contributed by atoms with E-state index in [0.29, 0.717) is 10.8 Å². The molecule has 0 bridgehead atoms. The van der Waals surface area contributed by atoms with Crippen molar-refractivity contribution in [3.8, 4) is 0 Å². The van der Waals surface area contributed by atoms with Gasteiger partial charge in [0.25, 0.3) is 0 Å². The Hall–Kier alpha value is 0. The van der Waals surface area contributed by atoms with E-state index in [-0.39, 0.29) is 0 Å². The van der Waals surface area contributed by atoms with Crippen LogP contribution in [0, 0.1) is 40.4 Å². The first-order chi connectivity index (χ1) is 11.8. The Kier molecular flexibility index (Phi) is 6.27. The molecule has 0 aromatic carbocycles. The van der Waals surface area contributed by atoms with Gasteiger partial charge in [0.2, 0.25) is 0 Å². The van der Waals surface area contributed by atoms with Crippen molar-refractivity contribution >= 4 is 0 Å². The highest BCUT2D eigenvalue weighted by Gasteiger charge is 2.46. The van der Waals surface area contributed by atoms with Crippen molar-refractivity contribution in [2.75, 3.05) is 0 Å². The van der Waals surface area contributed by atoms with Crippen LogP contribution < -0.4 is 0 Å². The van der Waals surface area contributed by atoms with Crippen LogP contribution in [0.4, 0.5) is 0 Å². The molecule has 2 unspecified atom stereocenters. The third kappa shape index (κ3) is 4.30. The largest absolute Gasteiger partial charge is 0.0625 e. The van der Waals surface area contributed by atoms with E-state index in [1.807, 2.05) is 0 Å². The summed E-state index contributed by atoms with van der Waals surface area (Å²) in [6.45, 7) is 13.2. The highest BCUT2D eigenvalue weighted by Crippen LogP contribution is 2.55. The minimum Gasteiger partial charge on any atom is -0.0625 e. The number of rotatable bonds is 4. The lowest BCUT2D eigenvalue weighted by atomic mass is 9.53. The van der Waals surface area contributed by atoms with Crippen LogP contribution in [0.2, 0.25) is 0 Å². The fourth-order valence-corrected chi connectivity index (χ4v) is 7.18. The van der Waals surface area contributed by atoms with Gasteiger partial charge in [-0.3, -0.25) is 0 Å². The van der Waals surface area contributed by atoms with Crippen molar-refractivity contribution in [2.24, 2.45) is 40.4 Å². The van der Waals surface area contributed by atoms with Gasteiger partial charge in [-0.2, -0.15) is 0 Å². The lowest BCUT2D eigenvalue weighted by Gasteiger charge is -2.52. The Morgan fingerprint density at radius 2 is 0.840 bits per heavy atom. The van der Waals surface area contributed by atoms with Crippen molar-refractivity contribution in [3.63, 3.8) is 0 Å². The molecule has 146 valence electrons. The summed E-state index contributed by atoms with van der Waals surface area (Å²) < 4.78 is 0. The van der Waals surface area contributed by atoms with E-state index in [1.165, 1.54) is 83.5 Å². The van der Waals surface area contributed by atoms with Gasteiger partial charge in [0, 0.05) is 0 Å². The zero-order valence-corrected chi connectivity index (χ0v) is 18.1. The van der Waals surface area contributed by atoms with Crippen molar-refractivity contribution < 1.29 is 0 Å². The van der Waals surface area contributed by atoms with E-state index in [1.54, 1.807) is 0 Å². The molecule has 0 aliphatic heterocycles. The highest BCUT2D eigenvalue weighted by molar-refractivity contribution is 4.96. The quantitative estimate of drug-likeness (QED) is 0.480. The van der Waals surface area contributed by atoms with Gasteiger partial charge in [0.15, 0.2) is 0 Å². The van der Waals surface area contributed by atoms with Crippen LogP contribution >= 0.6 is 0 Å². The average molecular weight is 347 g/mol. The highest BCUT2D eigenvalue weighted by atomic mass is 14.5. The zero-order chi connectivity index (χ0) is 18.1. The van der Waals surface area contributed by atoms with E-state index in [9.17, 15) is 0 Å². The van der Waals surface area contributed by atoms with Crippen molar-refractivity contribution in [1.29, 1.82) is 0 Å². The van der Waals surface area contributed by atoms with Gasteiger partial charge >= 0.3 is 0 Å². The standard InChI is InChI=1S/C25H46/c1-19-16-22(24(2,3)20-12-8-6-9-13-20)18-23(17-19)25(4,5)21-14-10-7-11-15-21/h19-23H,6-18H2,1-5H3. The second-order valence-electron chi connectivity index (χ2n) is 11.5. The summed E-state index contributed by atoms with van der Waals surface area (Å²) in [4.78, 5) is 0. The topological polar surface area (TPSA) is 0 Å². The van der Waals surface area contributed by atoms with E-state index >= 15 is 0 Å². The van der Waals surface area contributed by atoms with Crippen LogP contribution in [0.5, 0.6) is 0 Å². The fourth-order valence-electron chi connectivity index (χ4n) is 7.18. The smallest absolute Gasteiger partial charge is 0.0297 e. The molecule has 0 spiro atoms. The number of hydrogen-bond donors (Lipinski definition) is 0. The molecular formula is C25H46. The predicted molar refractivity (Wildman–Crippen MR) is 111 cm³/mol. The maximum absolute atomic E-state index is 2.65. The normalized spacial score (nSPS) is 34.2. The third-order valence-electron chi connectivity index (χ3n) is 9.36. The van der Waals surface area contributed by atoms with Gasteiger partial charge in [0.1, 0.15) is 0 Å². The molecule has 0 heteroatoms. The molecule has 0 amide bonds. The van der Waals surface area contributed by atoms with Gasteiger partial charge in [-0.15, -0.1) is 0 Å². The summed E-state index contributed by atoms with van der Waals surface area (Å²) in [6, 6.07) is 0. The van der Waals surface area contributed by atoms with Crippen LogP contribution in [0.25, 0.3) is 0 Å². The SMILES string of the molecule is CC1CC(C(C)(C)C2CCCCC2)CC(C(C)(C)C2CCCCC2)C1. The van der Waals surface area contributed by atoms with Crippen molar-refractivity contribution in [2.45, 2.75) is 118 Å². The van der Waals surface area contributed by atoms with Crippen molar-refractivity contribution in [1.82, 2.24) is 0 Å². The first-order valence-corrected chi connectivity index (χ1v) is 11.8. The summed E-state index contributed by atoms with van der Waals surface area (Å²) in [5, 5.41) is 0. The van der Waals surface area contributed by atoms with Gasteiger partial charge in [-0.25, -0.2) is 0 Å². The molecule has 0 nitrogen and oxygen atoms in total. The Morgan fingerprint density at radius 1 is 0.480 bits per heavy atom. The molecule has 0 saturated heterocycles. The molecule has 3 saturated carbocycles. The Labute approximate surface area is 158 Å². The molecule has 25 heavy (non-hydrogen) atoms. The maximum atomic E-state index is 2.65. The van der Waals surface area contributed by atoms with Gasteiger partial charge in [0.05, 0.1) is 0 Å². The van der Waals surface area contributed by atoms with E-state index in [0.717, 1.165) is 29.6 Å². The van der Waals surface area contributed by atoms with E-state index in [4.69, 9.17) is 0 Å². The maximum Gasteiger partial charge on any atom is -0.0297 e. The Balaban J connectivity index is 1.71. The molecule has 0 radical (unpaired) electrons. The molecule has 3 rings (SSSR count). The van der Waals surface area contributed by atoms with E-state index < -0.39 is 0 Å². The second kappa shape index (κ2) is 7.93. The summed E-state index contributed by atoms with van der Waals surface area (Å²) in [5.41, 5.74) is 1.13. The van der Waals surface area contributed by atoms with E-state index in [2.05, 4.69) is 34.6 Å². The number of hydrogen-bond acceptors (Lipinski definition) is 0. The van der Waals surface area contributed by atoms with Gasteiger partial charge in [-0.1, -0.05) is 73.1 Å². The zero-order valence-electron chi connectivity index (χ0n) is 18.1. The Bertz CT molecular complexity index is 368. The van der Waals surface area contributed by atoms with Crippen LogP contribution in [0.3, 0.4) is 0 Å². The average Bonchev–Trinajstić information content (AvgIpc) is 2.62. The minimum atomic E-state index is 0.565. The molecule has 0 heterocycles. The van der Waals surface area contributed by atoms with Gasteiger partial charge < -0.3 is 0 Å². The lowest BCUT2D eigenvalue weighted by Crippen LogP contribution is -2.43. The molecule has 3 aliphatic rings. The summed E-state index contributed by atoms with van der Waals surface area (Å²) in [5.74, 6) is 4.86. The molecule has 2 atom stereocenters. The summed E-state index contributed by atoms with van der Waals surface area (Å²) in [6.07, 6.45) is 19.5. The van der Waals surface area contributed by atoms with Gasteiger partial charge in [-0.05, 0) is 85.4 Å². The lowest BCUT2D eigenvalue weighted by molar-refractivity contribution is -0.0250. The molecule has 3 aliphatic carbocycles. The second-order valence-corrected chi connectivity index (χ2v) is 11.5. The van der Waals surface area contributed by atoms with Crippen LogP contribution in [0.1, 0.15) is 118 Å². The molecule has 0 aromatic rings.